The van der Waals surface area contributed by atoms with Gasteiger partial charge in [0.15, 0.2) is 5.82 Å². The number of carbonyl (C=O) groups excluding carboxylic acids is 2. The monoisotopic (exact) mass is 348 g/mol. The van der Waals surface area contributed by atoms with E-state index >= 15 is 0 Å². The van der Waals surface area contributed by atoms with Gasteiger partial charge in [0.2, 0.25) is 11.8 Å². The summed E-state index contributed by atoms with van der Waals surface area (Å²) in [6.07, 6.45) is 5.28. The maximum Gasteiger partial charge on any atom is 0.255 e. The molecule has 136 valence electrons. The van der Waals surface area contributed by atoms with Crippen molar-refractivity contribution in [2.24, 2.45) is 11.8 Å². The predicted molar refractivity (Wildman–Crippen MR) is 86.1 cm³/mol. The smallest absolute Gasteiger partial charge is 0.255 e. The highest BCUT2D eigenvalue weighted by Crippen LogP contribution is 2.32. The largest absolute Gasteiger partial charge is 0.368 e. The van der Waals surface area contributed by atoms with E-state index < -0.39 is 0 Å². The molecule has 2 aliphatic heterocycles. The van der Waals surface area contributed by atoms with Gasteiger partial charge < -0.3 is 19.5 Å². The van der Waals surface area contributed by atoms with Crippen molar-refractivity contribution in [3.8, 4) is 0 Å². The minimum absolute atomic E-state index is 0.00184. The molecular formula is C17H24N4O4. The van der Waals surface area contributed by atoms with Gasteiger partial charge in [-0.3, -0.25) is 9.59 Å². The maximum absolute atomic E-state index is 12.3. The standard InChI is InChI=1S/C17H24N4O4/c22-15(11-5-7-21(8-6-11)17(23)12-3-4-12)18-10-14-19-16(25-20-14)13-2-1-9-24-13/h11-13H,1-10H2,(H,18,22). The second-order valence-electron chi connectivity index (χ2n) is 7.14. The van der Waals surface area contributed by atoms with Crippen LogP contribution in [0.25, 0.3) is 0 Å². The van der Waals surface area contributed by atoms with Crippen molar-refractivity contribution in [2.75, 3.05) is 19.7 Å². The lowest BCUT2D eigenvalue weighted by Gasteiger charge is -2.31. The molecule has 1 saturated carbocycles. The van der Waals surface area contributed by atoms with Crippen molar-refractivity contribution in [3.05, 3.63) is 11.7 Å². The van der Waals surface area contributed by atoms with Crippen LogP contribution in [0.15, 0.2) is 4.52 Å². The SMILES string of the molecule is O=C(NCc1noc(C2CCCO2)n1)C1CCN(C(=O)C2CC2)CC1. The zero-order chi connectivity index (χ0) is 17.2. The molecular weight excluding hydrogens is 324 g/mol. The Hall–Kier alpha value is -1.96. The van der Waals surface area contributed by atoms with Crippen LogP contribution in [-0.4, -0.2) is 46.6 Å². The van der Waals surface area contributed by atoms with Crippen LogP contribution >= 0.6 is 0 Å². The van der Waals surface area contributed by atoms with E-state index in [1.54, 1.807) is 0 Å². The van der Waals surface area contributed by atoms with Crippen LogP contribution in [0.1, 0.15) is 56.3 Å². The topological polar surface area (TPSA) is 97.6 Å². The number of aromatic nitrogens is 2. The molecule has 2 saturated heterocycles. The molecule has 3 fully saturated rings. The average molecular weight is 348 g/mol. The summed E-state index contributed by atoms with van der Waals surface area (Å²) < 4.78 is 10.7. The summed E-state index contributed by atoms with van der Waals surface area (Å²) in [6, 6.07) is 0. The van der Waals surface area contributed by atoms with Gasteiger partial charge in [0.25, 0.3) is 5.89 Å². The molecule has 1 atom stereocenters. The van der Waals surface area contributed by atoms with Gasteiger partial charge in [0.05, 0.1) is 6.54 Å². The lowest BCUT2D eigenvalue weighted by Crippen LogP contribution is -2.43. The molecule has 3 heterocycles. The number of piperidine rings is 1. The van der Waals surface area contributed by atoms with Crippen molar-refractivity contribution in [1.29, 1.82) is 0 Å². The highest BCUT2D eigenvalue weighted by Gasteiger charge is 2.36. The zero-order valence-corrected chi connectivity index (χ0v) is 14.3. The number of hydrogen-bond donors (Lipinski definition) is 1. The van der Waals surface area contributed by atoms with E-state index in [4.69, 9.17) is 9.26 Å². The number of amides is 2. The number of ether oxygens (including phenoxy) is 1. The maximum atomic E-state index is 12.3. The second-order valence-corrected chi connectivity index (χ2v) is 7.14. The third-order valence-electron chi connectivity index (χ3n) is 5.21. The van der Waals surface area contributed by atoms with E-state index in [-0.39, 0.29) is 36.3 Å². The summed E-state index contributed by atoms with van der Waals surface area (Å²) in [5.41, 5.74) is 0. The summed E-state index contributed by atoms with van der Waals surface area (Å²) in [6.45, 7) is 2.34. The highest BCUT2D eigenvalue weighted by atomic mass is 16.5. The molecule has 8 heteroatoms. The minimum atomic E-state index is -0.106. The minimum Gasteiger partial charge on any atom is -0.368 e. The van der Waals surface area contributed by atoms with Crippen LogP contribution in [0.4, 0.5) is 0 Å². The lowest BCUT2D eigenvalue weighted by atomic mass is 9.95. The molecule has 8 nitrogen and oxygen atoms in total. The van der Waals surface area contributed by atoms with Gasteiger partial charge in [0.1, 0.15) is 6.10 Å². The Balaban J connectivity index is 1.22. The van der Waals surface area contributed by atoms with Crippen molar-refractivity contribution in [2.45, 2.75) is 51.2 Å². The van der Waals surface area contributed by atoms with Gasteiger partial charge in [-0.05, 0) is 38.5 Å². The fraction of sp³-hybridized carbons (Fsp3) is 0.765. The fourth-order valence-electron chi connectivity index (χ4n) is 3.50. The summed E-state index contributed by atoms with van der Waals surface area (Å²) in [5, 5.41) is 6.79. The predicted octanol–water partition coefficient (Wildman–Crippen LogP) is 1.19. The van der Waals surface area contributed by atoms with E-state index in [9.17, 15) is 9.59 Å². The number of likely N-dealkylation sites (tertiary alicyclic amines) is 1. The number of carbonyl (C=O) groups is 2. The molecule has 4 rings (SSSR count). The molecule has 0 spiro atoms. The molecule has 3 aliphatic rings. The van der Waals surface area contributed by atoms with Crippen molar-refractivity contribution in [3.63, 3.8) is 0 Å². The first-order chi connectivity index (χ1) is 12.2. The number of nitrogens with one attached hydrogen (secondary N) is 1. The van der Waals surface area contributed by atoms with Gasteiger partial charge in [-0.1, -0.05) is 5.16 Å². The third-order valence-corrected chi connectivity index (χ3v) is 5.21. The van der Waals surface area contributed by atoms with E-state index in [2.05, 4.69) is 15.5 Å². The fourth-order valence-corrected chi connectivity index (χ4v) is 3.50. The van der Waals surface area contributed by atoms with Crippen LogP contribution in [0, 0.1) is 11.8 Å². The van der Waals surface area contributed by atoms with Gasteiger partial charge in [0, 0.05) is 31.5 Å². The van der Waals surface area contributed by atoms with Crippen LogP contribution < -0.4 is 5.32 Å². The molecule has 1 N–H and O–H groups in total. The molecule has 1 unspecified atom stereocenters. The first kappa shape index (κ1) is 16.5. The van der Waals surface area contributed by atoms with E-state index in [0.717, 1.165) is 45.1 Å². The molecule has 1 aliphatic carbocycles. The Labute approximate surface area is 146 Å². The Morgan fingerprint density at radius 1 is 1.12 bits per heavy atom. The molecule has 2 amide bonds. The molecule has 1 aromatic rings. The van der Waals surface area contributed by atoms with E-state index in [1.807, 2.05) is 4.90 Å². The summed E-state index contributed by atoms with van der Waals surface area (Å²) in [4.78, 5) is 30.6. The van der Waals surface area contributed by atoms with E-state index in [0.29, 0.717) is 24.8 Å². The van der Waals surface area contributed by atoms with Crippen LogP contribution in [0.2, 0.25) is 0 Å². The van der Waals surface area contributed by atoms with Crippen LogP contribution in [0.3, 0.4) is 0 Å². The van der Waals surface area contributed by atoms with Crippen LogP contribution in [0.5, 0.6) is 0 Å². The molecule has 1 aromatic heterocycles. The molecule has 0 aromatic carbocycles. The molecule has 0 radical (unpaired) electrons. The highest BCUT2D eigenvalue weighted by molar-refractivity contribution is 5.82. The molecule has 25 heavy (non-hydrogen) atoms. The summed E-state index contributed by atoms with van der Waals surface area (Å²) in [7, 11) is 0. The average Bonchev–Trinajstić information content (AvgIpc) is 3.15. The summed E-state index contributed by atoms with van der Waals surface area (Å²) in [5.74, 6) is 1.44. The number of nitrogens with zero attached hydrogens (tertiary/aromatic N) is 3. The lowest BCUT2D eigenvalue weighted by molar-refractivity contribution is -0.136. The Bertz CT molecular complexity index is 628. The number of hydrogen-bond acceptors (Lipinski definition) is 6. The molecule has 0 bridgehead atoms. The number of rotatable bonds is 5. The van der Waals surface area contributed by atoms with Crippen molar-refractivity contribution in [1.82, 2.24) is 20.4 Å². The summed E-state index contributed by atoms with van der Waals surface area (Å²) >= 11 is 0. The van der Waals surface area contributed by atoms with Crippen molar-refractivity contribution < 1.29 is 18.8 Å². The zero-order valence-electron chi connectivity index (χ0n) is 14.3. The van der Waals surface area contributed by atoms with Gasteiger partial charge >= 0.3 is 0 Å². The van der Waals surface area contributed by atoms with E-state index in [1.165, 1.54) is 0 Å². The second kappa shape index (κ2) is 7.11. The van der Waals surface area contributed by atoms with Crippen LogP contribution in [-0.2, 0) is 20.9 Å². The normalized spacial score (nSPS) is 24.5. The Morgan fingerprint density at radius 2 is 1.92 bits per heavy atom. The third kappa shape index (κ3) is 3.84. The van der Waals surface area contributed by atoms with Gasteiger partial charge in [-0.15, -0.1) is 0 Å². The Kier molecular flexibility index (Phi) is 4.70. The quantitative estimate of drug-likeness (QED) is 0.858. The van der Waals surface area contributed by atoms with Gasteiger partial charge in [-0.25, -0.2) is 0 Å². The first-order valence-corrected chi connectivity index (χ1v) is 9.21. The van der Waals surface area contributed by atoms with Crippen molar-refractivity contribution >= 4 is 11.8 Å². The Morgan fingerprint density at radius 3 is 2.60 bits per heavy atom. The van der Waals surface area contributed by atoms with Gasteiger partial charge in [-0.2, -0.15) is 4.98 Å². The first-order valence-electron chi connectivity index (χ1n) is 9.21.